The first kappa shape index (κ1) is 17.6. The smallest absolute Gasteiger partial charge is 0.131 e. The summed E-state index contributed by atoms with van der Waals surface area (Å²) < 4.78 is 14.4. The van der Waals surface area contributed by atoms with E-state index in [4.69, 9.17) is 5.73 Å². The van der Waals surface area contributed by atoms with E-state index in [0.29, 0.717) is 24.1 Å². The highest BCUT2D eigenvalue weighted by atomic mass is 19.1. The Morgan fingerprint density at radius 1 is 1.17 bits per heavy atom. The molecule has 0 heterocycles. The van der Waals surface area contributed by atoms with Crippen molar-refractivity contribution in [1.29, 1.82) is 0 Å². The van der Waals surface area contributed by atoms with Crippen molar-refractivity contribution in [3.63, 3.8) is 0 Å². The molecular weight excluding hydrogens is 293 g/mol. The molecule has 2 aromatic carbocycles. The van der Waals surface area contributed by atoms with Gasteiger partial charge < -0.3 is 15.9 Å². The molecule has 0 saturated heterocycles. The molecule has 0 aliphatic carbocycles. The van der Waals surface area contributed by atoms with Crippen LogP contribution >= 0.6 is 0 Å². The minimum atomic E-state index is -1.07. The summed E-state index contributed by atoms with van der Waals surface area (Å²) in [7, 11) is 0. The van der Waals surface area contributed by atoms with E-state index < -0.39 is 5.60 Å². The fourth-order valence-corrected chi connectivity index (χ4v) is 2.55. The molecule has 3 nitrogen and oxygen atoms in total. The van der Waals surface area contributed by atoms with E-state index >= 15 is 0 Å². The number of hydrogen-bond donors (Lipinski definition) is 3. The van der Waals surface area contributed by atoms with E-state index in [-0.39, 0.29) is 18.3 Å². The molecule has 4 N–H and O–H groups in total. The lowest BCUT2D eigenvalue weighted by Crippen LogP contribution is -2.20. The van der Waals surface area contributed by atoms with Gasteiger partial charge in [-0.2, -0.15) is 0 Å². The molecule has 0 radical (unpaired) electrons. The standard InChI is InChI=1S/C19H24FNO2/c1-19(2,23)16-6-7-17(18(20)10-16)15-5-3-4-13(9-15)8-14(11-21)12-22/h3-7,9-10,14,22-23H,8,11-12,21H2,1-2H3. The van der Waals surface area contributed by atoms with E-state index in [2.05, 4.69) is 0 Å². The molecule has 0 spiro atoms. The highest BCUT2D eigenvalue weighted by molar-refractivity contribution is 5.65. The molecule has 0 saturated carbocycles. The van der Waals surface area contributed by atoms with Crippen molar-refractivity contribution in [2.45, 2.75) is 25.9 Å². The average molecular weight is 317 g/mol. The number of benzene rings is 2. The quantitative estimate of drug-likeness (QED) is 0.767. The number of aliphatic hydroxyl groups is 2. The summed E-state index contributed by atoms with van der Waals surface area (Å²) in [6.45, 7) is 3.71. The molecule has 0 aromatic heterocycles. The minimum absolute atomic E-state index is 0.00709. The Bertz CT molecular complexity index is 661. The second-order valence-corrected chi connectivity index (χ2v) is 6.44. The van der Waals surface area contributed by atoms with E-state index in [1.165, 1.54) is 6.07 Å². The van der Waals surface area contributed by atoms with Gasteiger partial charge in [-0.05, 0) is 55.5 Å². The summed E-state index contributed by atoms with van der Waals surface area (Å²) in [4.78, 5) is 0. The van der Waals surface area contributed by atoms with Gasteiger partial charge in [0.05, 0.1) is 5.60 Å². The lowest BCUT2D eigenvalue weighted by atomic mass is 9.93. The molecule has 0 aliphatic heterocycles. The van der Waals surface area contributed by atoms with E-state index in [1.54, 1.807) is 26.0 Å². The minimum Gasteiger partial charge on any atom is -0.396 e. The van der Waals surface area contributed by atoms with E-state index in [0.717, 1.165) is 11.1 Å². The summed E-state index contributed by atoms with van der Waals surface area (Å²) >= 11 is 0. The number of nitrogens with two attached hydrogens (primary N) is 1. The van der Waals surface area contributed by atoms with Crippen molar-refractivity contribution in [1.82, 2.24) is 0 Å². The van der Waals surface area contributed by atoms with Crippen LogP contribution in [-0.4, -0.2) is 23.4 Å². The molecule has 2 rings (SSSR count). The number of halogens is 1. The van der Waals surface area contributed by atoms with Gasteiger partial charge in [-0.25, -0.2) is 4.39 Å². The van der Waals surface area contributed by atoms with Crippen molar-refractivity contribution in [3.8, 4) is 11.1 Å². The Kier molecular flexibility index (Phi) is 5.52. The Balaban J connectivity index is 2.32. The van der Waals surface area contributed by atoms with Gasteiger partial charge >= 0.3 is 0 Å². The molecule has 1 atom stereocenters. The van der Waals surface area contributed by atoms with Crippen LogP contribution in [0.4, 0.5) is 4.39 Å². The fraction of sp³-hybridized carbons (Fsp3) is 0.368. The monoisotopic (exact) mass is 317 g/mol. The zero-order valence-corrected chi connectivity index (χ0v) is 13.6. The molecule has 4 heteroatoms. The Morgan fingerprint density at radius 2 is 1.91 bits per heavy atom. The number of hydrogen-bond acceptors (Lipinski definition) is 3. The van der Waals surface area contributed by atoms with Crippen molar-refractivity contribution >= 4 is 0 Å². The predicted molar refractivity (Wildman–Crippen MR) is 90.4 cm³/mol. The lowest BCUT2D eigenvalue weighted by Gasteiger charge is -2.18. The van der Waals surface area contributed by atoms with Crippen LogP contribution in [0.25, 0.3) is 11.1 Å². The SMILES string of the molecule is CC(C)(O)c1ccc(-c2cccc(CC(CN)CO)c2)c(F)c1. The summed E-state index contributed by atoms with van der Waals surface area (Å²) in [5, 5.41) is 19.2. The van der Waals surface area contributed by atoms with Gasteiger partial charge in [-0.1, -0.05) is 36.4 Å². The van der Waals surface area contributed by atoms with Gasteiger partial charge in [-0.15, -0.1) is 0 Å². The molecule has 0 bridgehead atoms. The van der Waals surface area contributed by atoms with Crippen molar-refractivity contribution in [2.75, 3.05) is 13.2 Å². The van der Waals surface area contributed by atoms with Crippen LogP contribution in [0.2, 0.25) is 0 Å². The Labute approximate surface area is 136 Å². The zero-order valence-electron chi connectivity index (χ0n) is 13.6. The van der Waals surface area contributed by atoms with Gasteiger partial charge in [-0.3, -0.25) is 0 Å². The molecule has 0 amide bonds. The summed E-state index contributed by atoms with van der Waals surface area (Å²) in [6, 6.07) is 12.4. The van der Waals surface area contributed by atoms with Crippen LogP contribution in [0.1, 0.15) is 25.0 Å². The Hall–Kier alpha value is -1.75. The van der Waals surface area contributed by atoms with Crippen LogP contribution in [0.3, 0.4) is 0 Å². The van der Waals surface area contributed by atoms with Crippen LogP contribution < -0.4 is 5.73 Å². The van der Waals surface area contributed by atoms with Gasteiger partial charge in [0.25, 0.3) is 0 Å². The lowest BCUT2D eigenvalue weighted by molar-refractivity contribution is 0.0782. The third-order valence-electron chi connectivity index (χ3n) is 4.03. The van der Waals surface area contributed by atoms with Crippen molar-refractivity contribution in [2.24, 2.45) is 11.7 Å². The van der Waals surface area contributed by atoms with Crippen LogP contribution in [0, 0.1) is 11.7 Å². The van der Waals surface area contributed by atoms with Gasteiger partial charge in [0.15, 0.2) is 0 Å². The molecular formula is C19H24FNO2. The normalized spacial score (nSPS) is 13.1. The zero-order chi connectivity index (χ0) is 17.0. The summed E-state index contributed by atoms with van der Waals surface area (Å²) in [5.41, 5.74) is 7.37. The van der Waals surface area contributed by atoms with E-state index in [1.807, 2.05) is 24.3 Å². The van der Waals surface area contributed by atoms with Gasteiger partial charge in [0.1, 0.15) is 5.82 Å². The first-order chi connectivity index (χ1) is 10.8. The molecule has 124 valence electrons. The number of aliphatic hydroxyl groups excluding tert-OH is 1. The van der Waals surface area contributed by atoms with Gasteiger partial charge in [0.2, 0.25) is 0 Å². The van der Waals surface area contributed by atoms with Crippen LogP contribution in [-0.2, 0) is 12.0 Å². The van der Waals surface area contributed by atoms with E-state index in [9.17, 15) is 14.6 Å². The third-order valence-corrected chi connectivity index (χ3v) is 4.03. The molecule has 0 aliphatic rings. The summed E-state index contributed by atoms with van der Waals surface area (Å²) in [6.07, 6.45) is 0.657. The Morgan fingerprint density at radius 3 is 2.48 bits per heavy atom. The predicted octanol–water partition coefficient (Wildman–Crippen LogP) is 2.83. The highest BCUT2D eigenvalue weighted by Gasteiger charge is 2.18. The molecule has 0 fully saturated rings. The fourth-order valence-electron chi connectivity index (χ4n) is 2.55. The highest BCUT2D eigenvalue weighted by Crippen LogP contribution is 2.28. The average Bonchev–Trinajstić information content (AvgIpc) is 2.52. The molecule has 1 unspecified atom stereocenters. The maximum Gasteiger partial charge on any atom is 0.131 e. The maximum atomic E-state index is 14.4. The van der Waals surface area contributed by atoms with Crippen molar-refractivity contribution in [3.05, 3.63) is 59.4 Å². The molecule has 2 aromatic rings. The van der Waals surface area contributed by atoms with Crippen LogP contribution in [0.15, 0.2) is 42.5 Å². The largest absolute Gasteiger partial charge is 0.396 e. The molecule has 23 heavy (non-hydrogen) atoms. The maximum absolute atomic E-state index is 14.4. The topological polar surface area (TPSA) is 66.5 Å². The second-order valence-electron chi connectivity index (χ2n) is 6.44. The first-order valence-corrected chi connectivity index (χ1v) is 7.77. The van der Waals surface area contributed by atoms with Crippen molar-refractivity contribution < 1.29 is 14.6 Å². The summed E-state index contributed by atoms with van der Waals surface area (Å²) in [5.74, 6) is -0.355. The van der Waals surface area contributed by atoms with Gasteiger partial charge in [0, 0.05) is 12.2 Å². The van der Waals surface area contributed by atoms with Crippen LogP contribution in [0.5, 0.6) is 0 Å². The second kappa shape index (κ2) is 7.21. The first-order valence-electron chi connectivity index (χ1n) is 7.77. The number of rotatable bonds is 6. The third kappa shape index (κ3) is 4.38.